The lowest BCUT2D eigenvalue weighted by molar-refractivity contribution is -0.137. The van der Waals surface area contributed by atoms with Crippen molar-refractivity contribution in [2.75, 3.05) is 31.6 Å². The van der Waals surface area contributed by atoms with Crippen molar-refractivity contribution in [2.45, 2.75) is 18.9 Å². The number of aryl methyl sites for hydroxylation is 1. The molecule has 1 fully saturated rings. The lowest BCUT2D eigenvalue weighted by atomic mass is 10.0. The SMILES string of the molecule is O=C(O)CCc1cccc(NC(=O)C(c2cccc(F)c2)N2CCOCC2)c1. The van der Waals surface area contributed by atoms with E-state index in [0.717, 1.165) is 5.56 Å². The number of rotatable bonds is 7. The van der Waals surface area contributed by atoms with Gasteiger partial charge >= 0.3 is 5.97 Å². The van der Waals surface area contributed by atoms with Crippen molar-refractivity contribution in [3.05, 3.63) is 65.5 Å². The third kappa shape index (κ3) is 5.37. The fraction of sp³-hybridized carbons (Fsp3) is 0.333. The number of carboxylic acids is 1. The number of nitrogens with zero attached hydrogens (tertiary/aromatic N) is 1. The van der Waals surface area contributed by atoms with Gasteiger partial charge in [-0.25, -0.2) is 4.39 Å². The Morgan fingerprint density at radius 1 is 1.14 bits per heavy atom. The zero-order valence-electron chi connectivity index (χ0n) is 15.4. The average Bonchev–Trinajstić information content (AvgIpc) is 2.68. The number of amides is 1. The second kappa shape index (κ2) is 9.43. The molecule has 1 heterocycles. The Balaban J connectivity index is 1.79. The second-order valence-electron chi connectivity index (χ2n) is 6.69. The standard InChI is InChI=1S/C21H23FN2O4/c22-17-5-2-4-16(14-17)20(24-9-11-28-12-10-24)21(27)23-18-6-1-3-15(13-18)7-8-19(25)26/h1-6,13-14,20H,7-12H2,(H,23,27)(H,25,26). The Hall–Kier alpha value is -2.77. The van der Waals surface area contributed by atoms with Crippen molar-refractivity contribution in [3.63, 3.8) is 0 Å². The Morgan fingerprint density at radius 2 is 1.89 bits per heavy atom. The molecule has 0 radical (unpaired) electrons. The van der Waals surface area contributed by atoms with Crippen molar-refractivity contribution in [3.8, 4) is 0 Å². The second-order valence-corrected chi connectivity index (χ2v) is 6.69. The summed E-state index contributed by atoms with van der Waals surface area (Å²) < 4.78 is 19.1. The zero-order valence-corrected chi connectivity index (χ0v) is 15.4. The number of halogens is 1. The molecule has 1 atom stereocenters. The molecule has 28 heavy (non-hydrogen) atoms. The maximum Gasteiger partial charge on any atom is 0.303 e. The van der Waals surface area contributed by atoms with Gasteiger partial charge in [-0.2, -0.15) is 0 Å². The van der Waals surface area contributed by atoms with Crippen molar-refractivity contribution >= 4 is 17.6 Å². The molecule has 1 unspecified atom stereocenters. The highest BCUT2D eigenvalue weighted by atomic mass is 19.1. The highest BCUT2D eigenvalue weighted by Gasteiger charge is 2.29. The third-order valence-electron chi connectivity index (χ3n) is 4.65. The molecule has 0 saturated carbocycles. The van der Waals surface area contributed by atoms with E-state index in [0.29, 0.717) is 44.0 Å². The van der Waals surface area contributed by atoms with E-state index in [4.69, 9.17) is 9.84 Å². The van der Waals surface area contributed by atoms with Crippen LogP contribution in [0.1, 0.15) is 23.6 Å². The number of carboxylic acid groups (broad SMARTS) is 1. The van der Waals surface area contributed by atoms with Crippen LogP contribution >= 0.6 is 0 Å². The topological polar surface area (TPSA) is 78.9 Å². The van der Waals surface area contributed by atoms with E-state index >= 15 is 0 Å². The molecule has 0 aromatic heterocycles. The molecular weight excluding hydrogens is 363 g/mol. The van der Waals surface area contributed by atoms with Gasteiger partial charge < -0.3 is 15.2 Å². The minimum atomic E-state index is -0.868. The lowest BCUT2D eigenvalue weighted by Gasteiger charge is -2.33. The van der Waals surface area contributed by atoms with Gasteiger partial charge in [-0.05, 0) is 41.8 Å². The quantitative estimate of drug-likeness (QED) is 0.765. The van der Waals surface area contributed by atoms with Gasteiger partial charge in [0.05, 0.1) is 13.2 Å². The van der Waals surface area contributed by atoms with E-state index in [9.17, 15) is 14.0 Å². The van der Waals surface area contributed by atoms with Crippen LogP contribution in [0.4, 0.5) is 10.1 Å². The summed E-state index contributed by atoms with van der Waals surface area (Å²) in [6.45, 7) is 2.19. The first-order valence-electron chi connectivity index (χ1n) is 9.22. The number of carbonyl (C=O) groups excluding carboxylic acids is 1. The van der Waals surface area contributed by atoms with Gasteiger partial charge in [-0.15, -0.1) is 0 Å². The molecule has 0 aliphatic carbocycles. The Morgan fingerprint density at radius 3 is 2.61 bits per heavy atom. The molecule has 1 aliphatic rings. The number of anilines is 1. The van der Waals surface area contributed by atoms with Crippen LogP contribution in [0.5, 0.6) is 0 Å². The fourth-order valence-corrected chi connectivity index (χ4v) is 3.31. The van der Waals surface area contributed by atoms with Gasteiger partial charge in [0.1, 0.15) is 11.9 Å². The van der Waals surface area contributed by atoms with Crippen LogP contribution in [-0.4, -0.2) is 48.2 Å². The number of morpholine rings is 1. The molecule has 1 amide bonds. The molecule has 0 spiro atoms. The molecule has 1 saturated heterocycles. The predicted molar refractivity (Wildman–Crippen MR) is 103 cm³/mol. The van der Waals surface area contributed by atoms with Crippen molar-refractivity contribution < 1.29 is 23.8 Å². The maximum absolute atomic E-state index is 13.8. The summed E-state index contributed by atoms with van der Waals surface area (Å²) in [6, 6.07) is 12.6. The summed E-state index contributed by atoms with van der Waals surface area (Å²) in [7, 11) is 0. The molecule has 2 aromatic rings. The van der Waals surface area contributed by atoms with Crippen LogP contribution in [-0.2, 0) is 20.7 Å². The summed E-state index contributed by atoms with van der Waals surface area (Å²) in [5.41, 5.74) is 2.00. The van der Waals surface area contributed by atoms with E-state index in [1.54, 1.807) is 30.3 Å². The summed E-state index contributed by atoms with van der Waals surface area (Å²) >= 11 is 0. The van der Waals surface area contributed by atoms with Gasteiger partial charge in [0.25, 0.3) is 0 Å². The Labute approximate surface area is 162 Å². The van der Waals surface area contributed by atoms with Crippen molar-refractivity contribution in [1.29, 1.82) is 0 Å². The van der Waals surface area contributed by atoms with Gasteiger partial charge in [-0.1, -0.05) is 24.3 Å². The van der Waals surface area contributed by atoms with Crippen LogP contribution < -0.4 is 5.32 Å². The first-order chi connectivity index (χ1) is 13.5. The number of carbonyl (C=O) groups is 2. The normalized spacial score (nSPS) is 15.8. The lowest BCUT2D eigenvalue weighted by Crippen LogP contribution is -2.43. The highest BCUT2D eigenvalue weighted by Crippen LogP contribution is 2.25. The van der Waals surface area contributed by atoms with Crippen LogP contribution in [0.3, 0.4) is 0 Å². The molecule has 6 nitrogen and oxygen atoms in total. The number of nitrogens with one attached hydrogen (secondary N) is 1. The Bertz CT molecular complexity index is 837. The van der Waals surface area contributed by atoms with E-state index < -0.39 is 12.0 Å². The monoisotopic (exact) mass is 386 g/mol. The third-order valence-corrected chi connectivity index (χ3v) is 4.65. The smallest absolute Gasteiger partial charge is 0.303 e. The summed E-state index contributed by atoms with van der Waals surface area (Å²) in [4.78, 5) is 25.8. The molecule has 1 aliphatic heterocycles. The van der Waals surface area contributed by atoms with E-state index in [2.05, 4.69) is 5.32 Å². The fourth-order valence-electron chi connectivity index (χ4n) is 3.31. The first kappa shape index (κ1) is 20.0. The number of ether oxygens (including phenoxy) is 1. The first-order valence-corrected chi connectivity index (χ1v) is 9.22. The maximum atomic E-state index is 13.8. The number of hydrogen-bond donors (Lipinski definition) is 2. The average molecular weight is 386 g/mol. The zero-order chi connectivity index (χ0) is 19.9. The number of aliphatic carboxylic acids is 1. The van der Waals surface area contributed by atoms with Crippen molar-refractivity contribution in [1.82, 2.24) is 4.90 Å². The molecule has 2 aromatic carbocycles. The molecule has 148 valence electrons. The minimum Gasteiger partial charge on any atom is -0.481 e. The highest BCUT2D eigenvalue weighted by molar-refractivity contribution is 5.95. The van der Waals surface area contributed by atoms with Crippen LogP contribution in [0.25, 0.3) is 0 Å². The Kier molecular flexibility index (Phi) is 6.73. The summed E-state index contributed by atoms with van der Waals surface area (Å²) in [5.74, 6) is -1.52. The van der Waals surface area contributed by atoms with Crippen LogP contribution in [0.2, 0.25) is 0 Å². The molecular formula is C21H23FN2O4. The van der Waals surface area contributed by atoms with E-state index in [1.165, 1.54) is 12.1 Å². The predicted octanol–water partition coefficient (Wildman–Crippen LogP) is 2.85. The van der Waals surface area contributed by atoms with Gasteiger partial charge in [0.2, 0.25) is 5.91 Å². The molecule has 0 bridgehead atoms. The van der Waals surface area contributed by atoms with E-state index in [1.807, 2.05) is 11.0 Å². The minimum absolute atomic E-state index is 0.0249. The van der Waals surface area contributed by atoms with Gasteiger partial charge in [0, 0.05) is 25.2 Å². The molecule has 2 N–H and O–H groups in total. The summed E-state index contributed by atoms with van der Waals surface area (Å²) in [5, 5.41) is 11.7. The van der Waals surface area contributed by atoms with Gasteiger partial charge in [-0.3, -0.25) is 14.5 Å². The van der Waals surface area contributed by atoms with Gasteiger partial charge in [0.15, 0.2) is 0 Å². The number of hydrogen-bond acceptors (Lipinski definition) is 4. The van der Waals surface area contributed by atoms with Crippen LogP contribution in [0.15, 0.2) is 48.5 Å². The van der Waals surface area contributed by atoms with Crippen LogP contribution in [0, 0.1) is 5.82 Å². The summed E-state index contributed by atoms with van der Waals surface area (Å²) in [6.07, 6.45) is 0.410. The van der Waals surface area contributed by atoms with E-state index in [-0.39, 0.29) is 18.1 Å². The number of benzene rings is 2. The molecule has 7 heteroatoms. The van der Waals surface area contributed by atoms with Crippen molar-refractivity contribution in [2.24, 2.45) is 0 Å². The largest absolute Gasteiger partial charge is 0.481 e. The molecule has 3 rings (SSSR count).